The third kappa shape index (κ3) is 2.93. The fraction of sp³-hybridized carbons (Fsp3) is 0.0286. The summed E-state index contributed by atoms with van der Waals surface area (Å²) in [5.41, 5.74) is 8.88. The zero-order valence-electron chi connectivity index (χ0n) is 20.3. The van der Waals surface area contributed by atoms with Gasteiger partial charge < -0.3 is 9.47 Å². The summed E-state index contributed by atoms with van der Waals surface area (Å²) in [5, 5.41) is 6.39. The second-order valence-corrected chi connectivity index (χ2v) is 9.78. The van der Waals surface area contributed by atoms with E-state index in [-0.39, 0.29) is 0 Å². The van der Waals surface area contributed by atoms with E-state index < -0.39 is 0 Å². The van der Waals surface area contributed by atoms with E-state index in [1.807, 2.05) is 0 Å². The van der Waals surface area contributed by atoms with Gasteiger partial charge >= 0.3 is 0 Å². The van der Waals surface area contributed by atoms with Crippen molar-refractivity contribution in [2.24, 2.45) is 0 Å². The highest BCUT2D eigenvalue weighted by Gasteiger charge is 2.27. The van der Waals surface area contributed by atoms with Crippen LogP contribution in [0.3, 0.4) is 0 Å². The van der Waals surface area contributed by atoms with E-state index in [9.17, 15) is 0 Å². The summed E-state index contributed by atoms with van der Waals surface area (Å²) in [6, 6.07) is 48.5. The van der Waals surface area contributed by atoms with Gasteiger partial charge in [-0.1, -0.05) is 115 Å². The first kappa shape index (κ1) is 20.4. The maximum atomic E-state index is 2.52. The number of rotatable bonds is 2. The van der Waals surface area contributed by atoms with Crippen LogP contribution in [0.4, 0.5) is 11.4 Å². The van der Waals surface area contributed by atoms with Gasteiger partial charge in [0.05, 0.1) is 22.6 Å². The lowest BCUT2D eigenvalue weighted by atomic mass is 9.90. The molecule has 0 unspecified atom stereocenters. The molecule has 0 saturated heterocycles. The van der Waals surface area contributed by atoms with Gasteiger partial charge in [0.25, 0.3) is 0 Å². The van der Waals surface area contributed by atoms with Crippen LogP contribution in [0, 0.1) is 0 Å². The molecule has 0 N–H and O–H groups in total. The zero-order chi connectivity index (χ0) is 24.3. The number of fused-ring (bicyclic) bond motifs is 7. The van der Waals surface area contributed by atoms with Crippen LogP contribution in [0.2, 0.25) is 0 Å². The summed E-state index contributed by atoms with van der Waals surface area (Å²) in [5.74, 6) is 0. The van der Waals surface area contributed by atoms with Crippen LogP contribution in [0.15, 0.2) is 133 Å². The topological polar surface area (TPSA) is 8.17 Å². The van der Waals surface area contributed by atoms with Crippen molar-refractivity contribution in [2.75, 3.05) is 4.90 Å². The Morgan fingerprint density at radius 2 is 1.11 bits per heavy atom. The Hall–Kier alpha value is -4.82. The van der Waals surface area contributed by atoms with Crippen molar-refractivity contribution in [1.82, 2.24) is 4.57 Å². The van der Waals surface area contributed by atoms with Crippen molar-refractivity contribution in [2.45, 2.75) is 6.67 Å². The summed E-state index contributed by atoms with van der Waals surface area (Å²) < 4.78 is 2.46. The smallest absolute Gasteiger partial charge is 0.100 e. The highest BCUT2D eigenvalue weighted by molar-refractivity contribution is 6.21. The fourth-order valence-corrected chi connectivity index (χ4v) is 6.23. The molecule has 2 nitrogen and oxygen atoms in total. The molecule has 0 aliphatic carbocycles. The average molecular weight is 473 g/mol. The second-order valence-electron chi connectivity index (χ2n) is 9.78. The number of aromatic nitrogens is 1. The SMILES string of the molecule is c1ccc(-c2c3ccccc3c(N3Cn4c(cc5ccccc54)-c4ccccc43)c3ccccc23)cc1. The van der Waals surface area contributed by atoms with Crippen molar-refractivity contribution in [3.05, 3.63) is 133 Å². The van der Waals surface area contributed by atoms with Gasteiger partial charge in [0, 0.05) is 21.7 Å². The number of anilines is 2. The Bertz CT molecular complexity index is 1910. The van der Waals surface area contributed by atoms with E-state index in [1.165, 1.54) is 66.2 Å². The predicted molar refractivity (Wildman–Crippen MR) is 156 cm³/mol. The standard InChI is InChI=1S/C35H24N2/c1-2-12-24(13-3-1)34-26-15-5-7-17-28(26)35(29-18-8-6-16-27(29)34)37-23-36-31-20-10-4-14-25(31)22-33(36)30-19-9-11-21-32(30)37/h1-22H,23H2. The Morgan fingerprint density at radius 3 is 1.86 bits per heavy atom. The number of nitrogens with zero attached hydrogens (tertiary/aromatic N) is 2. The number of hydrogen-bond acceptors (Lipinski definition) is 1. The van der Waals surface area contributed by atoms with Crippen LogP contribution < -0.4 is 4.90 Å². The fourth-order valence-electron chi connectivity index (χ4n) is 6.23. The first-order chi connectivity index (χ1) is 18.4. The molecule has 1 aromatic heterocycles. The lowest BCUT2D eigenvalue weighted by Gasteiger charge is -2.35. The van der Waals surface area contributed by atoms with E-state index in [2.05, 4.69) is 143 Å². The molecule has 0 bridgehead atoms. The number of hydrogen-bond donors (Lipinski definition) is 0. The highest BCUT2D eigenvalue weighted by Crippen LogP contribution is 2.49. The molecule has 1 aliphatic heterocycles. The molecule has 0 saturated carbocycles. The lowest BCUT2D eigenvalue weighted by molar-refractivity contribution is 0.729. The lowest BCUT2D eigenvalue weighted by Crippen LogP contribution is -2.26. The van der Waals surface area contributed by atoms with Crippen LogP contribution in [0.25, 0.3) is 54.8 Å². The minimum absolute atomic E-state index is 0.762. The van der Waals surface area contributed by atoms with Crippen LogP contribution in [0.5, 0.6) is 0 Å². The second kappa shape index (κ2) is 7.84. The average Bonchev–Trinajstić information content (AvgIpc) is 3.35. The van der Waals surface area contributed by atoms with E-state index in [4.69, 9.17) is 0 Å². The van der Waals surface area contributed by atoms with Crippen LogP contribution in [-0.2, 0) is 6.67 Å². The van der Waals surface area contributed by atoms with E-state index in [1.54, 1.807) is 0 Å². The summed E-state index contributed by atoms with van der Waals surface area (Å²) in [6.07, 6.45) is 0. The molecule has 0 radical (unpaired) electrons. The van der Waals surface area contributed by atoms with Gasteiger partial charge in [-0.05, 0) is 40.1 Å². The molecule has 6 aromatic carbocycles. The first-order valence-corrected chi connectivity index (χ1v) is 12.8. The van der Waals surface area contributed by atoms with Crippen molar-refractivity contribution in [3.8, 4) is 22.4 Å². The van der Waals surface area contributed by atoms with E-state index in [0.29, 0.717) is 0 Å². The monoisotopic (exact) mass is 472 g/mol. The van der Waals surface area contributed by atoms with Crippen molar-refractivity contribution in [3.63, 3.8) is 0 Å². The molecule has 0 spiro atoms. The van der Waals surface area contributed by atoms with Crippen LogP contribution in [-0.4, -0.2) is 4.57 Å². The van der Waals surface area contributed by atoms with E-state index in [0.717, 1.165) is 6.67 Å². The molecule has 0 fully saturated rings. The summed E-state index contributed by atoms with van der Waals surface area (Å²) in [4.78, 5) is 2.52. The Morgan fingerprint density at radius 1 is 0.514 bits per heavy atom. The van der Waals surface area contributed by atoms with Crippen LogP contribution >= 0.6 is 0 Å². The number of benzene rings is 6. The van der Waals surface area contributed by atoms with Crippen molar-refractivity contribution < 1.29 is 0 Å². The third-order valence-electron chi connectivity index (χ3n) is 7.80. The molecule has 1 aliphatic rings. The van der Waals surface area contributed by atoms with Gasteiger partial charge in [0.15, 0.2) is 0 Å². The normalized spacial score (nSPS) is 12.7. The van der Waals surface area contributed by atoms with Crippen LogP contribution in [0.1, 0.15) is 0 Å². The third-order valence-corrected chi connectivity index (χ3v) is 7.80. The molecule has 2 heterocycles. The molecule has 7 aromatic rings. The first-order valence-electron chi connectivity index (χ1n) is 12.8. The largest absolute Gasteiger partial charge is 0.322 e. The Balaban J connectivity index is 1.49. The minimum atomic E-state index is 0.762. The molecule has 8 rings (SSSR count). The van der Waals surface area contributed by atoms with Gasteiger partial charge in [0.1, 0.15) is 6.67 Å². The van der Waals surface area contributed by atoms with Gasteiger partial charge in [-0.15, -0.1) is 0 Å². The maximum absolute atomic E-state index is 2.52. The number of para-hydroxylation sites is 2. The van der Waals surface area contributed by atoms with Gasteiger partial charge in [-0.2, -0.15) is 0 Å². The van der Waals surface area contributed by atoms with Gasteiger partial charge in [-0.25, -0.2) is 0 Å². The summed E-state index contributed by atoms with van der Waals surface area (Å²) in [7, 11) is 0. The van der Waals surface area contributed by atoms with Gasteiger partial charge in [-0.3, -0.25) is 0 Å². The van der Waals surface area contributed by atoms with Gasteiger partial charge in [0.2, 0.25) is 0 Å². The maximum Gasteiger partial charge on any atom is 0.100 e. The van der Waals surface area contributed by atoms with Crippen molar-refractivity contribution >= 4 is 43.8 Å². The molecule has 0 atom stereocenters. The zero-order valence-corrected chi connectivity index (χ0v) is 20.3. The summed E-state index contributed by atoms with van der Waals surface area (Å²) >= 11 is 0. The Kier molecular flexibility index (Phi) is 4.32. The van der Waals surface area contributed by atoms with E-state index >= 15 is 0 Å². The quantitative estimate of drug-likeness (QED) is 0.228. The molecule has 0 amide bonds. The molecule has 2 heteroatoms. The molecular formula is C35H24N2. The molecule has 37 heavy (non-hydrogen) atoms. The summed E-state index contributed by atoms with van der Waals surface area (Å²) in [6.45, 7) is 0.762. The highest BCUT2D eigenvalue weighted by atomic mass is 15.3. The molecule has 174 valence electrons. The molecular weight excluding hydrogens is 448 g/mol. The Labute approximate surface area is 215 Å². The van der Waals surface area contributed by atoms with Crippen molar-refractivity contribution in [1.29, 1.82) is 0 Å². The minimum Gasteiger partial charge on any atom is -0.322 e. The predicted octanol–water partition coefficient (Wildman–Crippen LogP) is 9.39.